The van der Waals surface area contributed by atoms with Gasteiger partial charge in [0.2, 0.25) is 0 Å². The first-order valence-electron chi connectivity index (χ1n) is 11.4. The number of hydrogen-bond donors (Lipinski definition) is 1. The van der Waals surface area contributed by atoms with Gasteiger partial charge in [0.05, 0.1) is 11.0 Å². The SMILES string of the molecule is CCCCCCCCCC(CCCCCCCC(=O)O)S(=O)(=O)CCCC. The third-order valence-corrected chi connectivity index (χ3v) is 7.68. The number of carboxylic acid groups (broad SMARTS) is 1. The summed E-state index contributed by atoms with van der Waals surface area (Å²) in [5.74, 6) is -0.393. The van der Waals surface area contributed by atoms with Crippen molar-refractivity contribution in [1.29, 1.82) is 0 Å². The van der Waals surface area contributed by atoms with Crippen LogP contribution in [0.5, 0.6) is 0 Å². The van der Waals surface area contributed by atoms with Crippen molar-refractivity contribution < 1.29 is 18.3 Å². The van der Waals surface area contributed by atoms with E-state index in [0.717, 1.165) is 70.6 Å². The number of hydrogen-bond acceptors (Lipinski definition) is 3. The molecule has 0 rings (SSSR count). The van der Waals surface area contributed by atoms with Gasteiger partial charge >= 0.3 is 5.97 Å². The number of unbranched alkanes of at least 4 members (excludes halogenated alkanes) is 11. The zero-order valence-electron chi connectivity index (χ0n) is 17.9. The summed E-state index contributed by atoms with van der Waals surface area (Å²) in [5, 5.41) is 8.48. The first-order chi connectivity index (χ1) is 12.9. The summed E-state index contributed by atoms with van der Waals surface area (Å²) < 4.78 is 25.3. The van der Waals surface area contributed by atoms with Gasteiger partial charge in [-0.25, -0.2) is 8.42 Å². The van der Waals surface area contributed by atoms with Crippen LogP contribution >= 0.6 is 0 Å². The molecule has 4 nitrogen and oxygen atoms in total. The molecule has 0 aliphatic carbocycles. The second-order valence-electron chi connectivity index (χ2n) is 7.95. The first kappa shape index (κ1) is 26.4. The summed E-state index contributed by atoms with van der Waals surface area (Å²) in [4.78, 5) is 10.5. The molecule has 0 aliphatic heterocycles. The highest BCUT2D eigenvalue weighted by atomic mass is 32.2. The fourth-order valence-corrected chi connectivity index (χ4v) is 5.60. The van der Waals surface area contributed by atoms with Gasteiger partial charge in [0.1, 0.15) is 0 Å². The standard InChI is InChI=1S/C22H44O4S/c1-3-5-7-8-9-11-14-17-21(27(25,26)20-6-4-2)18-15-12-10-13-16-19-22(23)24/h21H,3-20H2,1-2H3,(H,23,24). The van der Waals surface area contributed by atoms with Crippen LogP contribution in [-0.2, 0) is 14.6 Å². The lowest BCUT2D eigenvalue weighted by Gasteiger charge is -2.18. The lowest BCUT2D eigenvalue weighted by molar-refractivity contribution is -0.137. The molecule has 27 heavy (non-hydrogen) atoms. The monoisotopic (exact) mass is 404 g/mol. The molecule has 1 N–H and O–H groups in total. The maximum Gasteiger partial charge on any atom is 0.303 e. The number of aliphatic carboxylic acids is 1. The molecule has 0 spiro atoms. The predicted molar refractivity (Wildman–Crippen MR) is 115 cm³/mol. The molecule has 5 heteroatoms. The highest BCUT2D eigenvalue weighted by Gasteiger charge is 2.23. The van der Waals surface area contributed by atoms with Gasteiger partial charge in [0.25, 0.3) is 0 Å². The van der Waals surface area contributed by atoms with E-state index in [-0.39, 0.29) is 11.7 Å². The molecule has 0 aromatic rings. The summed E-state index contributed by atoms with van der Waals surface area (Å²) in [7, 11) is -2.97. The van der Waals surface area contributed by atoms with E-state index in [2.05, 4.69) is 6.92 Å². The van der Waals surface area contributed by atoms with Crippen molar-refractivity contribution in [2.75, 3.05) is 5.75 Å². The number of sulfone groups is 1. The van der Waals surface area contributed by atoms with Gasteiger partial charge in [-0.3, -0.25) is 4.79 Å². The predicted octanol–water partition coefficient (Wildman–Crippen LogP) is 6.53. The lowest BCUT2D eigenvalue weighted by atomic mass is 10.0. The van der Waals surface area contributed by atoms with Crippen molar-refractivity contribution in [3.63, 3.8) is 0 Å². The Morgan fingerprint density at radius 1 is 0.704 bits per heavy atom. The smallest absolute Gasteiger partial charge is 0.303 e. The van der Waals surface area contributed by atoms with E-state index in [0.29, 0.717) is 5.75 Å². The van der Waals surface area contributed by atoms with Crippen molar-refractivity contribution in [3.8, 4) is 0 Å². The van der Waals surface area contributed by atoms with Gasteiger partial charge in [0, 0.05) is 6.42 Å². The number of rotatable bonds is 20. The van der Waals surface area contributed by atoms with E-state index in [1.807, 2.05) is 6.92 Å². The van der Waals surface area contributed by atoms with Gasteiger partial charge in [-0.2, -0.15) is 0 Å². The average Bonchev–Trinajstić information content (AvgIpc) is 2.62. The van der Waals surface area contributed by atoms with Crippen molar-refractivity contribution in [2.45, 2.75) is 128 Å². The topological polar surface area (TPSA) is 71.4 Å². The molecule has 0 saturated heterocycles. The quantitative estimate of drug-likeness (QED) is 0.234. The van der Waals surface area contributed by atoms with Crippen LogP contribution in [-0.4, -0.2) is 30.5 Å². The average molecular weight is 405 g/mol. The Kier molecular flexibility index (Phi) is 17.1. The highest BCUT2D eigenvalue weighted by molar-refractivity contribution is 7.92. The van der Waals surface area contributed by atoms with E-state index in [9.17, 15) is 13.2 Å². The van der Waals surface area contributed by atoms with Crippen LogP contribution in [0.4, 0.5) is 0 Å². The molecule has 1 unspecified atom stereocenters. The normalized spacial score (nSPS) is 13.0. The lowest BCUT2D eigenvalue weighted by Crippen LogP contribution is -2.24. The summed E-state index contributed by atoms with van der Waals surface area (Å²) in [6.45, 7) is 4.26. The Labute approximate surface area is 168 Å². The molecule has 0 heterocycles. The van der Waals surface area contributed by atoms with Crippen LogP contribution in [0.25, 0.3) is 0 Å². The van der Waals surface area contributed by atoms with Crippen LogP contribution in [0.15, 0.2) is 0 Å². The van der Waals surface area contributed by atoms with Gasteiger partial charge in [-0.05, 0) is 25.7 Å². The summed E-state index contributed by atoms with van der Waals surface area (Å²) in [5.41, 5.74) is 0. The van der Waals surface area contributed by atoms with Gasteiger partial charge < -0.3 is 5.11 Å². The molecule has 0 saturated carbocycles. The second kappa shape index (κ2) is 17.5. The Morgan fingerprint density at radius 3 is 1.63 bits per heavy atom. The van der Waals surface area contributed by atoms with Gasteiger partial charge in [0.15, 0.2) is 9.84 Å². The maximum atomic E-state index is 12.7. The third-order valence-electron chi connectivity index (χ3n) is 5.34. The molecule has 0 aliphatic rings. The summed E-state index contributed by atoms with van der Waals surface area (Å²) in [6.07, 6.45) is 16.7. The zero-order valence-corrected chi connectivity index (χ0v) is 18.7. The van der Waals surface area contributed by atoms with Crippen LogP contribution in [0.2, 0.25) is 0 Å². The van der Waals surface area contributed by atoms with Crippen molar-refractivity contribution >= 4 is 15.8 Å². The molecular weight excluding hydrogens is 360 g/mol. The summed E-state index contributed by atoms with van der Waals surface area (Å²) in [6, 6.07) is 0. The molecule has 0 fully saturated rings. The summed E-state index contributed by atoms with van der Waals surface area (Å²) >= 11 is 0. The largest absolute Gasteiger partial charge is 0.481 e. The minimum Gasteiger partial charge on any atom is -0.481 e. The van der Waals surface area contributed by atoms with Gasteiger partial charge in [-0.15, -0.1) is 0 Å². The molecule has 0 amide bonds. The van der Waals surface area contributed by atoms with Crippen molar-refractivity contribution in [1.82, 2.24) is 0 Å². The highest BCUT2D eigenvalue weighted by Crippen LogP contribution is 2.21. The Bertz CT molecular complexity index is 445. The minimum atomic E-state index is -2.97. The van der Waals surface area contributed by atoms with E-state index in [4.69, 9.17) is 5.11 Å². The fraction of sp³-hybridized carbons (Fsp3) is 0.955. The van der Waals surface area contributed by atoms with E-state index >= 15 is 0 Å². The van der Waals surface area contributed by atoms with Crippen LogP contribution in [0.1, 0.15) is 123 Å². The van der Waals surface area contributed by atoms with Crippen LogP contribution in [0.3, 0.4) is 0 Å². The second-order valence-corrected chi connectivity index (χ2v) is 10.4. The van der Waals surface area contributed by atoms with Gasteiger partial charge in [-0.1, -0.05) is 90.9 Å². The Morgan fingerprint density at radius 2 is 1.15 bits per heavy atom. The number of carboxylic acids is 1. The fourth-order valence-electron chi connectivity index (χ4n) is 3.52. The van der Waals surface area contributed by atoms with E-state index in [1.165, 1.54) is 32.1 Å². The number of carbonyl (C=O) groups is 1. The van der Waals surface area contributed by atoms with Crippen molar-refractivity contribution in [3.05, 3.63) is 0 Å². The molecule has 162 valence electrons. The molecule has 0 radical (unpaired) electrons. The zero-order chi connectivity index (χ0) is 20.4. The first-order valence-corrected chi connectivity index (χ1v) is 13.1. The maximum absolute atomic E-state index is 12.7. The molecule has 0 aromatic heterocycles. The molecule has 1 atom stereocenters. The van der Waals surface area contributed by atoms with E-state index < -0.39 is 15.8 Å². The Hall–Kier alpha value is -0.580. The van der Waals surface area contributed by atoms with E-state index in [1.54, 1.807) is 0 Å². The van der Waals surface area contributed by atoms with Crippen molar-refractivity contribution in [2.24, 2.45) is 0 Å². The minimum absolute atomic E-state index is 0.168. The molecule has 0 bridgehead atoms. The third kappa shape index (κ3) is 16.1. The molecular formula is C22H44O4S. The van der Waals surface area contributed by atoms with Crippen LogP contribution < -0.4 is 0 Å². The Balaban J connectivity index is 4.16. The molecule has 0 aromatic carbocycles. The van der Waals surface area contributed by atoms with Crippen LogP contribution in [0, 0.1) is 0 Å².